The van der Waals surface area contributed by atoms with Crippen LogP contribution < -0.4 is 9.47 Å². The van der Waals surface area contributed by atoms with Gasteiger partial charge in [0, 0.05) is 5.39 Å². The molecule has 26 heavy (non-hydrogen) atoms. The predicted octanol–water partition coefficient (Wildman–Crippen LogP) is 4.15. The van der Waals surface area contributed by atoms with Crippen LogP contribution in [-0.2, 0) is 4.74 Å². The van der Waals surface area contributed by atoms with E-state index in [2.05, 4.69) is 0 Å². The van der Waals surface area contributed by atoms with Crippen molar-refractivity contribution in [1.82, 2.24) is 0 Å². The average Bonchev–Trinajstić information content (AvgIpc) is 2.97. The second kappa shape index (κ2) is 7.31. The van der Waals surface area contributed by atoms with Crippen LogP contribution in [0.3, 0.4) is 0 Å². The summed E-state index contributed by atoms with van der Waals surface area (Å²) in [6.07, 6.45) is 0. The molecule has 1 aromatic heterocycles. The van der Waals surface area contributed by atoms with Crippen LogP contribution in [0.25, 0.3) is 11.0 Å². The zero-order valence-corrected chi connectivity index (χ0v) is 14.7. The maximum Gasteiger partial charge on any atom is 0.343 e. The first kappa shape index (κ1) is 17.5. The van der Waals surface area contributed by atoms with Gasteiger partial charge in [-0.15, -0.1) is 0 Å². The van der Waals surface area contributed by atoms with Gasteiger partial charge < -0.3 is 18.6 Å². The standard InChI is InChI=1S/C20H18O6/c1-4-24-20(22)18-12(2)25-17-9-8-15(11-16(17)18)26-19(21)13-6-5-7-14(10-13)23-3/h5-11H,4H2,1-3H3. The Balaban J connectivity index is 1.92. The third-order valence-electron chi connectivity index (χ3n) is 3.83. The van der Waals surface area contributed by atoms with Crippen molar-refractivity contribution in [3.63, 3.8) is 0 Å². The third-order valence-corrected chi connectivity index (χ3v) is 3.83. The lowest BCUT2D eigenvalue weighted by molar-refractivity contribution is 0.0526. The number of carbonyl (C=O) groups excluding carboxylic acids is 2. The smallest absolute Gasteiger partial charge is 0.343 e. The molecular formula is C20H18O6. The summed E-state index contributed by atoms with van der Waals surface area (Å²) in [4.78, 5) is 24.5. The van der Waals surface area contributed by atoms with Crippen molar-refractivity contribution in [1.29, 1.82) is 0 Å². The van der Waals surface area contributed by atoms with Crippen LogP contribution in [0.4, 0.5) is 0 Å². The average molecular weight is 354 g/mol. The number of fused-ring (bicyclic) bond motifs is 1. The fourth-order valence-electron chi connectivity index (χ4n) is 2.64. The van der Waals surface area contributed by atoms with Crippen LogP contribution in [-0.4, -0.2) is 25.7 Å². The second-order valence-electron chi connectivity index (χ2n) is 5.53. The van der Waals surface area contributed by atoms with E-state index in [-0.39, 0.29) is 6.61 Å². The molecule has 0 bridgehead atoms. The summed E-state index contributed by atoms with van der Waals surface area (Å²) >= 11 is 0. The van der Waals surface area contributed by atoms with Gasteiger partial charge in [-0.3, -0.25) is 0 Å². The van der Waals surface area contributed by atoms with Crippen molar-refractivity contribution in [3.05, 3.63) is 59.4 Å². The SMILES string of the molecule is CCOC(=O)c1c(C)oc2ccc(OC(=O)c3cccc(OC)c3)cc12. The van der Waals surface area contributed by atoms with E-state index in [0.29, 0.717) is 39.4 Å². The van der Waals surface area contributed by atoms with Gasteiger partial charge in [0.15, 0.2) is 0 Å². The Labute approximate surface area is 150 Å². The van der Waals surface area contributed by atoms with Gasteiger partial charge in [0.1, 0.15) is 28.4 Å². The van der Waals surface area contributed by atoms with Gasteiger partial charge in [0.25, 0.3) is 0 Å². The maximum atomic E-state index is 12.4. The van der Waals surface area contributed by atoms with Crippen molar-refractivity contribution in [3.8, 4) is 11.5 Å². The molecule has 0 N–H and O–H groups in total. The van der Waals surface area contributed by atoms with E-state index in [1.165, 1.54) is 7.11 Å². The van der Waals surface area contributed by atoms with Crippen molar-refractivity contribution >= 4 is 22.9 Å². The fraction of sp³-hybridized carbons (Fsp3) is 0.200. The van der Waals surface area contributed by atoms with Crippen LogP contribution in [0, 0.1) is 6.92 Å². The van der Waals surface area contributed by atoms with Gasteiger partial charge in [-0.1, -0.05) is 6.07 Å². The van der Waals surface area contributed by atoms with Gasteiger partial charge in [-0.2, -0.15) is 0 Å². The van der Waals surface area contributed by atoms with Crippen molar-refractivity contribution < 1.29 is 28.2 Å². The van der Waals surface area contributed by atoms with E-state index < -0.39 is 11.9 Å². The molecule has 1 heterocycles. The minimum absolute atomic E-state index is 0.259. The molecule has 0 aliphatic heterocycles. The highest BCUT2D eigenvalue weighted by Gasteiger charge is 2.20. The number of esters is 2. The van der Waals surface area contributed by atoms with Gasteiger partial charge in [0.2, 0.25) is 0 Å². The van der Waals surface area contributed by atoms with Crippen molar-refractivity contribution in [2.24, 2.45) is 0 Å². The molecule has 0 unspecified atom stereocenters. The Hall–Kier alpha value is -3.28. The quantitative estimate of drug-likeness (QED) is 0.506. The van der Waals surface area contributed by atoms with E-state index in [1.54, 1.807) is 56.3 Å². The maximum absolute atomic E-state index is 12.4. The summed E-state index contributed by atoms with van der Waals surface area (Å²) in [5.74, 6) is 0.317. The first-order valence-electron chi connectivity index (χ1n) is 8.10. The predicted molar refractivity (Wildman–Crippen MR) is 94.9 cm³/mol. The molecule has 0 aliphatic rings. The highest BCUT2D eigenvalue weighted by molar-refractivity contribution is 6.05. The zero-order valence-electron chi connectivity index (χ0n) is 14.7. The molecule has 3 aromatic rings. The molecule has 6 nitrogen and oxygen atoms in total. The molecule has 0 atom stereocenters. The lowest BCUT2D eigenvalue weighted by Crippen LogP contribution is -2.09. The van der Waals surface area contributed by atoms with E-state index >= 15 is 0 Å². The second-order valence-corrected chi connectivity index (χ2v) is 5.53. The Kier molecular flexibility index (Phi) is 4.93. The summed E-state index contributed by atoms with van der Waals surface area (Å²) < 4.78 is 21.2. The Morgan fingerprint density at radius 1 is 1.04 bits per heavy atom. The minimum Gasteiger partial charge on any atom is -0.497 e. The van der Waals surface area contributed by atoms with Crippen LogP contribution >= 0.6 is 0 Å². The molecule has 3 rings (SSSR count). The van der Waals surface area contributed by atoms with Crippen LogP contribution in [0.2, 0.25) is 0 Å². The fourth-order valence-corrected chi connectivity index (χ4v) is 2.64. The first-order chi connectivity index (χ1) is 12.5. The Morgan fingerprint density at radius 3 is 2.58 bits per heavy atom. The number of benzene rings is 2. The summed E-state index contributed by atoms with van der Waals surface area (Å²) in [6.45, 7) is 3.68. The van der Waals surface area contributed by atoms with E-state index in [9.17, 15) is 9.59 Å². The van der Waals surface area contributed by atoms with Gasteiger partial charge in [-0.05, 0) is 50.2 Å². The number of rotatable bonds is 5. The molecule has 0 saturated carbocycles. The summed E-state index contributed by atoms with van der Waals surface area (Å²) in [6, 6.07) is 11.5. The van der Waals surface area contributed by atoms with E-state index in [0.717, 1.165) is 0 Å². The number of hydrogen-bond donors (Lipinski definition) is 0. The van der Waals surface area contributed by atoms with Gasteiger partial charge in [0.05, 0.1) is 19.3 Å². The van der Waals surface area contributed by atoms with Crippen molar-refractivity contribution in [2.75, 3.05) is 13.7 Å². The Morgan fingerprint density at radius 2 is 1.85 bits per heavy atom. The molecular weight excluding hydrogens is 336 g/mol. The highest BCUT2D eigenvalue weighted by Crippen LogP contribution is 2.30. The molecule has 134 valence electrons. The minimum atomic E-state index is -0.527. The number of furan rings is 1. The topological polar surface area (TPSA) is 75.0 Å². The molecule has 0 saturated heterocycles. The number of carbonyl (C=O) groups is 2. The van der Waals surface area contributed by atoms with Gasteiger partial charge in [-0.25, -0.2) is 9.59 Å². The molecule has 6 heteroatoms. The molecule has 0 aliphatic carbocycles. The largest absolute Gasteiger partial charge is 0.497 e. The normalized spacial score (nSPS) is 10.6. The summed E-state index contributed by atoms with van der Waals surface area (Å²) in [5.41, 5.74) is 1.21. The lowest BCUT2D eigenvalue weighted by Gasteiger charge is -2.06. The summed E-state index contributed by atoms with van der Waals surface area (Å²) in [5, 5.41) is 0.539. The van der Waals surface area contributed by atoms with Crippen LogP contribution in [0.5, 0.6) is 11.5 Å². The van der Waals surface area contributed by atoms with Crippen LogP contribution in [0.1, 0.15) is 33.4 Å². The molecule has 0 fully saturated rings. The van der Waals surface area contributed by atoms with Crippen LogP contribution in [0.15, 0.2) is 46.9 Å². The first-order valence-corrected chi connectivity index (χ1v) is 8.10. The monoisotopic (exact) mass is 354 g/mol. The highest BCUT2D eigenvalue weighted by atomic mass is 16.5. The molecule has 2 aromatic carbocycles. The lowest BCUT2D eigenvalue weighted by atomic mass is 10.1. The zero-order chi connectivity index (χ0) is 18.7. The number of methoxy groups -OCH3 is 1. The van der Waals surface area contributed by atoms with Crippen molar-refractivity contribution in [2.45, 2.75) is 13.8 Å². The number of aryl methyl sites for hydroxylation is 1. The number of hydrogen-bond acceptors (Lipinski definition) is 6. The number of ether oxygens (including phenoxy) is 3. The molecule has 0 spiro atoms. The van der Waals surface area contributed by atoms with Gasteiger partial charge >= 0.3 is 11.9 Å². The van der Waals surface area contributed by atoms with E-state index in [1.807, 2.05) is 0 Å². The summed E-state index contributed by atoms with van der Waals surface area (Å²) in [7, 11) is 1.52. The Bertz CT molecular complexity index is 970. The molecule has 0 radical (unpaired) electrons. The molecule has 0 amide bonds. The third kappa shape index (κ3) is 3.39. The van der Waals surface area contributed by atoms with E-state index in [4.69, 9.17) is 18.6 Å².